The summed E-state index contributed by atoms with van der Waals surface area (Å²) >= 11 is 0. The van der Waals surface area contributed by atoms with Gasteiger partial charge in [0.2, 0.25) is 5.88 Å². The average Bonchev–Trinajstić information content (AvgIpc) is 2.71. The van der Waals surface area contributed by atoms with Gasteiger partial charge in [-0.25, -0.2) is 4.98 Å². The van der Waals surface area contributed by atoms with Gasteiger partial charge in [0, 0.05) is 44.5 Å². The SMILES string of the molecule is Cc1nc(OCCNC(=O)c2ccc(N(C)C)cc2)cc(N2CCOCC2)n1. The molecule has 28 heavy (non-hydrogen) atoms. The molecule has 1 saturated heterocycles. The van der Waals surface area contributed by atoms with Gasteiger partial charge in [0.05, 0.1) is 19.8 Å². The summed E-state index contributed by atoms with van der Waals surface area (Å²) in [4.78, 5) is 25.2. The van der Waals surface area contributed by atoms with Gasteiger partial charge in [0.1, 0.15) is 18.2 Å². The quantitative estimate of drug-likeness (QED) is 0.724. The number of hydrogen-bond donors (Lipinski definition) is 1. The van der Waals surface area contributed by atoms with Crippen LogP contribution in [0.3, 0.4) is 0 Å². The lowest BCUT2D eigenvalue weighted by atomic mass is 10.2. The molecule has 1 fully saturated rings. The van der Waals surface area contributed by atoms with Crippen molar-refractivity contribution < 1.29 is 14.3 Å². The maximum absolute atomic E-state index is 12.2. The topological polar surface area (TPSA) is 79.8 Å². The largest absolute Gasteiger partial charge is 0.476 e. The Balaban J connectivity index is 1.49. The van der Waals surface area contributed by atoms with Crippen molar-refractivity contribution in [1.29, 1.82) is 0 Å². The zero-order chi connectivity index (χ0) is 19.9. The van der Waals surface area contributed by atoms with Crippen molar-refractivity contribution in [3.8, 4) is 5.88 Å². The van der Waals surface area contributed by atoms with E-state index in [1.165, 1.54) is 0 Å². The summed E-state index contributed by atoms with van der Waals surface area (Å²) in [6.45, 7) is 5.57. The van der Waals surface area contributed by atoms with Crippen LogP contribution in [-0.4, -0.2) is 69.4 Å². The van der Waals surface area contributed by atoms with Crippen molar-refractivity contribution in [2.24, 2.45) is 0 Å². The predicted molar refractivity (Wildman–Crippen MR) is 108 cm³/mol. The molecule has 0 aliphatic carbocycles. The van der Waals surface area contributed by atoms with Crippen molar-refractivity contribution >= 4 is 17.4 Å². The summed E-state index contributed by atoms with van der Waals surface area (Å²) in [6.07, 6.45) is 0. The first-order chi connectivity index (χ1) is 13.5. The molecule has 150 valence electrons. The molecule has 1 aromatic carbocycles. The first-order valence-electron chi connectivity index (χ1n) is 9.40. The van der Waals surface area contributed by atoms with Gasteiger partial charge >= 0.3 is 0 Å². The van der Waals surface area contributed by atoms with Crippen LogP contribution in [0.15, 0.2) is 30.3 Å². The minimum atomic E-state index is -0.123. The van der Waals surface area contributed by atoms with E-state index in [0.29, 0.717) is 43.6 Å². The number of hydrogen-bond acceptors (Lipinski definition) is 7. The van der Waals surface area contributed by atoms with Crippen molar-refractivity contribution in [2.75, 3.05) is 63.4 Å². The number of rotatable bonds is 7. The molecule has 1 N–H and O–H groups in total. The molecule has 1 amide bonds. The van der Waals surface area contributed by atoms with Crippen molar-refractivity contribution in [3.63, 3.8) is 0 Å². The van der Waals surface area contributed by atoms with Gasteiger partial charge in [-0.3, -0.25) is 4.79 Å². The number of amides is 1. The highest BCUT2D eigenvalue weighted by atomic mass is 16.5. The standard InChI is InChI=1S/C20H27N5O3/c1-15-22-18(25-9-12-27-13-10-25)14-19(23-15)28-11-8-21-20(26)16-4-6-17(7-5-16)24(2)3/h4-7,14H,8-13H2,1-3H3,(H,21,26). The molecular weight excluding hydrogens is 358 g/mol. The van der Waals surface area contributed by atoms with E-state index < -0.39 is 0 Å². The molecule has 0 spiro atoms. The molecule has 2 aromatic rings. The molecule has 0 atom stereocenters. The van der Waals surface area contributed by atoms with Crippen LogP contribution in [0.1, 0.15) is 16.2 Å². The molecule has 3 rings (SSSR count). The fourth-order valence-corrected chi connectivity index (χ4v) is 2.89. The van der Waals surface area contributed by atoms with E-state index in [0.717, 1.165) is 24.6 Å². The fraction of sp³-hybridized carbons (Fsp3) is 0.450. The molecule has 0 radical (unpaired) electrons. The lowest BCUT2D eigenvalue weighted by Crippen LogP contribution is -2.37. The molecule has 2 heterocycles. The molecule has 1 aliphatic heterocycles. The summed E-state index contributed by atoms with van der Waals surface area (Å²) in [5.41, 5.74) is 1.67. The molecule has 1 aliphatic rings. The molecule has 8 heteroatoms. The second kappa shape index (κ2) is 9.36. The highest BCUT2D eigenvalue weighted by molar-refractivity contribution is 5.94. The number of aryl methyl sites for hydroxylation is 1. The van der Waals surface area contributed by atoms with Gasteiger partial charge < -0.3 is 24.6 Å². The normalized spacial score (nSPS) is 13.9. The highest BCUT2D eigenvalue weighted by Gasteiger charge is 2.14. The van der Waals surface area contributed by atoms with Crippen molar-refractivity contribution in [1.82, 2.24) is 15.3 Å². The summed E-state index contributed by atoms with van der Waals surface area (Å²) in [5, 5.41) is 2.86. The highest BCUT2D eigenvalue weighted by Crippen LogP contribution is 2.18. The molecule has 0 unspecified atom stereocenters. The number of nitrogens with zero attached hydrogens (tertiary/aromatic N) is 4. The molecule has 8 nitrogen and oxygen atoms in total. The Kier molecular flexibility index (Phi) is 6.65. The maximum Gasteiger partial charge on any atom is 0.251 e. The monoisotopic (exact) mass is 385 g/mol. The summed E-state index contributed by atoms with van der Waals surface area (Å²) in [6, 6.07) is 9.30. The molecule has 0 saturated carbocycles. The van der Waals surface area contributed by atoms with Gasteiger partial charge in [-0.05, 0) is 31.2 Å². The number of carbonyl (C=O) groups excluding carboxylic acids is 1. The summed E-state index contributed by atoms with van der Waals surface area (Å²) in [7, 11) is 3.93. The van der Waals surface area contributed by atoms with Crippen LogP contribution in [0.4, 0.5) is 11.5 Å². The number of carbonyl (C=O) groups is 1. The van der Waals surface area contributed by atoms with Crippen LogP contribution in [0.2, 0.25) is 0 Å². The number of aromatic nitrogens is 2. The van der Waals surface area contributed by atoms with E-state index >= 15 is 0 Å². The van der Waals surface area contributed by atoms with E-state index in [1.54, 1.807) is 0 Å². The Morgan fingerprint density at radius 3 is 2.61 bits per heavy atom. The Morgan fingerprint density at radius 2 is 1.93 bits per heavy atom. The van der Waals surface area contributed by atoms with Crippen LogP contribution in [0.25, 0.3) is 0 Å². The van der Waals surface area contributed by atoms with Crippen LogP contribution in [0, 0.1) is 6.92 Å². The third-order valence-corrected chi connectivity index (χ3v) is 4.42. The minimum absolute atomic E-state index is 0.123. The number of morpholine rings is 1. The van der Waals surface area contributed by atoms with Gasteiger partial charge in [0.15, 0.2) is 0 Å². The Labute approximate surface area is 165 Å². The Morgan fingerprint density at radius 1 is 1.21 bits per heavy atom. The molecule has 1 aromatic heterocycles. The Bertz CT molecular complexity index is 789. The maximum atomic E-state index is 12.2. The number of anilines is 2. The average molecular weight is 385 g/mol. The third kappa shape index (κ3) is 5.32. The van der Waals surface area contributed by atoms with Crippen LogP contribution in [-0.2, 0) is 4.74 Å². The first kappa shape index (κ1) is 19.9. The number of ether oxygens (including phenoxy) is 2. The number of benzene rings is 1. The van der Waals surface area contributed by atoms with Gasteiger partial charge in [-0.2, -0.15) is 4.98 Å². The minimum Gasteiger partial charge on any atom is -0.476 e. The second-order valence-electron chi connectivity index (χ2n) is 6.76. The first-order valence-corrected chi connectivity index (χ1v) is 9.40. The summed E-state index contributed by atoms with van der Waals surface area (Å²) < 4.78 is 11.1. The lowest BCUT2D eigenvalue weighted by molar-refractivity contribution is 0.0946. The van der Waals surface area contributed by atoms with E-state index in [4.69, 9.17) is 9.47 Å². The van der Waals surface area contributed by atoms with E-state index in [9.17, 15) is 4.79 Å². The molecule has 0 bridgehead atoms. The van der Waals surface area contributed by atoms with Crippen molar-refractivity contribution in [2.45, 2.75) is 6.92 Å². The van der Waals surface area contributed by atoms with Crippen LogP contribution in [0.5, 0.6) is 5.88 Å². The second-order valence-corrected chi connectivity index (χ2v) is 6.76. The lowest BCUT2D eigenvalue weighted by Gasteiger charge is -2.28. The fourth-order valence-electron chi connectivity index (χ4n) is 2.89. The third-order valence-electron chi connectivity index (χ3n) is 4.42. The van der Waals surface area contributed by atoms with Gasteiger partial charge in [-0.15, -0.1) is 0 Å². The molecular formula is C20H27N5O3. The predicted octanol–water partition coefficient (Wildman–Crippen LogP) is 1.50. The van der Waals surface area contributed by atoms with Crippen molar-refractivity contribution in [3.05, 3.63) is 41.7 Å². The zero-order valence-electron chi connectivity index (χ0n) is 16.6. The number of nitrogens with one attached hydrogen (secondary N) is 1. The van der Waals surface area contributed by atoms with E-state index in [-0.39, 0.29) is 5.91 Å². The van der Waals surface area contributed by atoms with Gasteiger partial charge in [-0.1, -0.05) is 0 Å². The Hall–Kier alpha value is -2.87. The van der Waals surface area contributed by atoms with Crippen LogP contribution >= 0.6 is 0 Å². The summed E-state index contributed by atoms with van der Waals surface area (Å²) in [5.74, 6) is 1.89. The van der Waals surface area contributed by atoms with E-state index in [1.807, 2.05) is 56.3 Å². The van der Waals surface area contributed by atoms with Gasteiger partial charge in [0.25, 0.3) is 5.91 Å². The van der Waals surface area contributed by atoms with E-state index in [2.05, 4.69) is 20.2 Å². The van der Waals surface area contributed by atoms with Crippen LogP contribution < -0.4 is 19.9 Å². The zero-order valence-corrected chi connectivity index (χ0v) is 16.6. The smallest absolute Gasteiger partial charge is 0.251 e.